The molecule has 0 aliphatic carbocycles. The lowest BCUT2D eigenvalue weighted by Gasteiger charge is -2.37. The minimum Gasteiger partial charge on any atom is -0.468 e. The average molecular weight is 1690 g/mol. The van der Waals surface area contributed by atoms with Gasteiger partial charge in [-0.05, 0) is 129 Å². The Morgan fingerprint density at radius 2 is 0.824 bits per heavy atom. The summed E-state index contributed by atoms with van der Waals surface area (Å²) in [7, 11) is 6.81. The first-order chi connectivity index (χ1) is 54.5. The molecule has 1 aliphatic rings. The number of carbonyl (C=O) groups excluding carboxylic acids is 11. The fourth-order valence-corrected chi connectivity index (χ4v) is 10.1. The van der Waals surface area contributed by atoms with Crippen LogP contribution in [-0.2, 0) is 120 Å². The van der Waals surface area contributed by atoms with Crippen LogP contribution in [-0.4, -0.2) is 182 Å². The molecule has 28 nitrogen and oxygen atoms in total. The van der Waals surface area contributed by atoms with Crippen LogP contribution in [0.1, 0.15) is 179 Å². The van der Waals surface area contributed by atoms with Gasteiger partial charge in [0.05, 0.1) is 35.5 Å². The van der Waals surface area contributed by atoms with Crippen molar-refractivity contribution in [2.75, 3.05) is 35.5 Å². The summed E-state index contributed by atoms with van der Waals surface area (Å²) in [6.07, 6.45) is -0.403. The van der Waals surface area contributed by atoms with Gasteiger partial charge in [0.15, 0.2) is 6.23 Å². The Morgan fingerprint density at radius 1 is 0.487 bits per heavy atom. The Hall–Kier alpha value is -10.8. The average Bonchev–Trinajstić information content (AvgIpc) is 0.815. The molecular formula is C90H138ClN9O19. The van der Waals surface area contributed by atoms with E-state index in [9.17, 15) is 52.7 Å². The number of amides is 5. The lowest BCUT2D eigenvalue weighted by molar-refractivity contribution is -0.153. The molecule has 29 heteroatoms. The lowest BCUT2D eigenvalue weighted by Crippen LogP contribution is -2.61. The minimum atomic E-state index is -0.810. The van der Waals surface area contributed by atoms with Gasteiger partial charge >= 0.3 is 42.0 Å². The molecule has 0 radical (unpaired) electrons. The zero-order valence-corrected chi connectivity index (χ0v) is 71.9. The smallest absolute Gasteiger partial charge is 0.410 e. The molecule has 0 unspecified atom stereocenters. The molecule has 7 N–H and O–H groups in total. The molecule has 0 bridgehead atoms. The number of rotatable bonds is 29. The van der Waals surface area contributed by atoms with E-state index in [4.69, 9.17) is 24.7 Å². The minimum absolute atomic E-state index is 0. The summed E-state index contributed by atoms with van der Waals surface area (Å²) in [5.41, 5.74) is 10.4. The Balaban J connectivity index is -0.000000661. The number of carbonyl (C=O) groups is 11. The fourth-order valence-electron chi connectivity index (χ4n) is 10.1. The summed E-state index contributed by atoms with van der Waals surface area (Å²) in [5.74, 6) is -2.01. The topological polar surface area (TPSA) is 357 Å². The van der Waals surface area contributed by atoms with E-state index in [-0.39, 0.29) is 107 Å². The number of benzene rings is 6. The summed E-state index contributed by atoms with van der Waals surface area (Å²) in [6.45, 7) is 30.2. The highest BCUT2D eigenvalue weighted by Crippen LogP contribution is 2.19. The van der Waals surface area contributed by atoms with Crippen LogP contribution in [0.15, 0.2) is 182 Å². The van der Waals surface area contributed by atoms with Crippen molar-refractivity contribution >= 4 is 78.6 Å². The van der Waals surface area contributed by atoms with Gasteiger partial charge < -0.3 is 74.7 Å². The number of piperazine rings is 1. The van der Waals surface area contributed by atoms with Gasteiger partial charge in [-0.1, -0.05) is 225 Å². The van der Waals surface area contributed by atoms with Crippen LogP contribution in [0.4, 0.5) is 9.59 Å². The number of nitrogens with one attached hydrogen (secondary N) is 5. The van der Waals surface area contributed by atoms with E-state index in [0.717, 1.165) is 22.3 Å². The highest BCUT2D eigenvalue weighted by molar-refractivity contribution is 5.96. The van der Waals surface area contributed by atoms with E-state index in [1.165, 1.54) is 51.6 Å². The Bertz CT molecular complexity index is 3690. The second-order valence-electron chi connectivity index (χ2n) is 28.2. The molecule has 0 saturated carbocycles. The van der Waals surface area contributed by atoms with Gasteiger partial charge in [0, 0.05) is 45.7 Å². The van der Waals surface area contributed by atoms with Crippen molar-refractivity contribution in [3.8, 4) is 0 Å². The van der Waals surface area contributed by atoms with Crippen LogP contribution in [0.25, 0.3) is 0 Å². The van der Waals surface area contributed by atoms with Crippen LogP contribution in [0.2, 0.25) is 0 Å². The second-order valence-corrected chi connectivity index (χ2v) is 28.2. The van der Waals surface area contributed by atoms with Crippen molar-refractivity contribution in [2.24, 2.45) is 5.73 Å². The molecule has 5 amide bonds. The van der Waals surface area contributed by atoms with Gasteiger partial charge in [-0.25, -0.2) is 14.4 Å². The third-order valence-electron chi connectivity index (χ3n) is 16.6. The summed E-state index contributed by atoms with van der Waals surface area (Å²) < 4.78 is 37.9. The summed E-state index contributed by atoms with van der Waals surface area (Å²) in [4.78, 5) is 132. The highest BCUT2D eigenvalue weighted by Gasteiger charge is 2.37. The summed E-state index contributed by atoms with van der Waals surface area (Å²) in [6, 6.07) is 55.6. The van der Waals surface area contributed by atoms with Crippen LogP contribution < -0.4 is 32.3 Å². The summed E-state index contributed by atoms with van der Waals surface area (Å²) >= 11 is 0. The maximum atomic E-state index is 13.1. The van der Waals surface area contributed by atoms with Crippen LogP contribution in [0.3, 0.4) is 0 Å². The highest BCUT2D eigenvalue weighted by atomic mass is 35.5. The maximum absolute atomic E-state index is 13.1. The fraction of sp³-hybridized carbons (Fsp3) is 0.478. The molecule has 0 spiro atoms. The van der Waals surface area contributed by atoms with Gasteiger partial charge in [0.1, 0.15) is 59.5 Å². The van der Waals surface area contributed by atoms with Crippen molar-refractivity contribution in [1.82, 2.24) is 41.3 Å². The molecule has 0 aromatic heterocycles. The van der Waals surface area contributed by atoms with Crippen molar-refractivity contribution < 1.29 is 90.6 Å². The van der Waals surface area contributed by atoms with Gasteiger partial charge in [-0.3, -0.25) is 48.6 Å². The van der Waals surface area contributed by atoms with E-state index < -0.39 is 59.8 Å². The Labute approximate surface area is 714 Å². The zero-order chi connectivity index (χ0) is 86.6. The predicted molar refractivity (Wildman–Crippen MR) is 467 cm³/mol. The molecule has 1 fully saturated rings. The normalized spacial score (nSPS) is 13.9. The Morgan fingerprint density at radius 3 is 1.13 bits per heavy atom. The molecule has 1 saturated heterocycles. The first-order valence-electron chi connectivity index (χ1n) is 38.1. The Kier molecular flexibility index (Phi) is 60.9. The molecule has 6 aromatic rings. The van der Waals surface area contributed by atoms with Gasteiger partial charge in [0.25, 0.3) is 6.47 Å². The first-order valence-corrected chi connectivity index (χ1v) is 38.1. The van der Waals surface area contributed by atoms with Crippen LogP contribution in [0, 0.1) is 0 Å². The van der Waals surface area contributed by atoms with E-state index in [2.05, 4.69) is 74.7 Å². The van der Waals surface area contributed by atoms with Crippen molar-refractivity contribution in [3.05, 3.63) is 215 Å². The molecule has 7 rings (SSSR count). The molecule has 1 heterocycles. The monoisotopic (exact) mass is 1680 g/mol. The van der Waals surface area contributed by atoms with Crippen LogP contribution in [0.5, 0.6) is 0 Å². The maximum Gasteiger partial charge on any atom is 0.410 e. The quantitative estimate of drug-likeness (QED) is 0.0110. The first kappa shape index (κ1) is 115. The molecule has 664 valence electrons. The van der Waals surface area contributed by atoms with E-state index in [0.29, 0.717) is 58.5 Å². The molecule has 1 aliphatic heterocycles. The number of hydrogen-bond donors (Lipinski definition) is 6. The van der Waals surface area contributed by atoms with Crippen LogP contribution >= 0.6 is 12.4 Å². The van der Waals surface area contributed by atoms with Gasteiger partial charge in [-0.15, -0.1) is 12.4 Å². The third-order valence-corrected chi connectivity index (χ3v) is 16.6. The number of hydrogen-bond acceptors (Lipinski definition) is 23. The second kappa shape index (κ2) is 63.3. The largest absolute Gasteiger partial charge is 0.468 e. The standard InChI is InChI=1S/C20H30N2O5.C18H21NO2.C14H18N2O2.2C11H15NO2.C9H17NO4.C4H9NO2.3CH4.ClH/c1-7-16(21-19(25)27-20(3,4)5)17(23)22(14(2)18(24)26-6)13-15-11-9-8-10-12-15;1-15(18(20)21-2)19(13-16-9-5-3-6-10-16)14-17-11-7-4-8-12-17;1-3-12-14(18)16(10(2)13(17)15-12)9-11-7-5-4-6-8-11;2*1-9(11(13)14-2)12-8-10-6-4-3-5-7-10;1-5-7(13-6-11)10-8(12)14-9(2,3)4;1-3(5)4(6)7-2;;;;/h8-12,14,16H,7,13H2,1-6H3,(H,21,25);3-12,15H,13-14H2,1-2H3;4-8,10,12H,3,9H2,1-2H3,(H,15,17);2*3-7,9,12H,8H2,1-2H3;6-7H,5H2,1-4H3,(H,10,12);3H,5H2,1-2H3;3*1H4;1H/t14-,16+;15-;10-,12+;2*9-;7-;3-;;;;/m1111111..../s1. The lowest BCUT2D eigenvalue weighted by atomic mass is 10.1. The SMILES string of the molecule is C.C.C.CC[C@@H]1NC(=O)[C@@H](C)N(Cc2ccccc2)C1=O.CC[C@H](NC(=O)OC(C)(C)C)C(=O)N(Cc1ccccc1)[C@H](C)C(=O)OC.CC[C@H](NC(=O)OC(C)(C)C)OC=O.COC(=O)[C@@H](C)N.COC(=O)[C@@H](C)N(Cc1ccccc1)Cc1ccccc1.COC(=O)[C@@H](C)NCc1ccccc1.COC(=O)[C@@H](C)NCc1ccccc1.Cl. The van der Waals surface area contributed by atoms with Gasteiger partial charge in [0.2, 0.25) is 17.7 Å². The number of alkyl carbamates (subject to hydrolysis) is 2. The molecule has 119 heavy (non-hydrogen) atoms. The van der Waals surface area contributed by atoms with E-state index in [1.54, 1.807) is 94.9 Å². The zero-order valence-electron chi connectivity index (χ0n) is 71.0. The number of esters is 5. The predicted octanol–water partition coefficient (Wildman–Crippen LogP) is 13.4. The van der Waals surface area contributed by atoms with Crippen molar-refractivity contribution in [2.45, 2.75) is 250 Å². The van der Waals surface area contributed by atoms with E-state index >= 15 is 0 Å². The number of halogens is 1. The van der Waals surface area contributed by atoms with Gasteiger partial charge in [-0.2, -0.15) is 0 Å². The van der Waals surface area contributed by atoms with Crippen molar-refractivity contribution in [1.29, 1.82) is 0 Å². The molecular weight excluding hydrogens is 1550 g/mol. The number of methoxy groups -OCH3 is 5. The van der Waals surface area contributed by atoms with Crippen molar-refractivity contribution in [3.63, 3.8) is 0 Å². The number of nitrogens with zero attached hydrogens (tertiary/aromatic N) is 3. The van der Waals surface area contributed by atoms with E-state index in [1.807, 2.05) is 172 Å². The molecule has 9 atom stereocenters. The molecule has 6 aromatic carbocycles. The number of ether oxygens (including phenoxy) is 8. The summed E-state index contributed by atoms with van der Waals surface area (Å²) in [5, 5.41) is 13.9. The third kappa shape index (κ3) is 48.6. The number of nitrogens with two attached hydrogens (primary N) is 1.